The fourth-order valence-corrected chi connectivity index (χ4v) is 6.07. The van der Waals surface area contributed by atoms with Crippen LogP contribution in [0.5, 0.6) is 0 Å². The van der Waals surface area contributed by atoms with E-state index >= 15 is 0 Å². The summed E-state index contributed by atoms with van der Waals surface area (Å²) >= 11 is 0. The van der Waals surface area contributed by atoms with Crippen molar-refractivity contribution in [2.75, 3.05) is 12.3 Å². The molecule has 0 amide bonds. The van der Waals surface area contributed by atoms with Crippen molar-refractivity contribution >= 4 is 36.0 Å². The third kappa shape index (κ3) is 5.60. The zero-order valence-corrected chi connectivity index (χ0v) is 17.0. The molecule has 19 heteroatoms. The number of aromatic nitrogens is 2. The van der Waals surface area contributed by atoms with E-state index < -0.39 is 52.7 Å². The second-order valence-corrected chi connectivity index (χ2v) is 11.4. The van der Waals surface area contributed by atoms with Crippen LogP contribution in [0.1, 0.15) is 19.1 Å². The van der Waals surface area contributed by atoms with Crippen molar-refractivity contribution < 1.29 is 50.7 Å². The number of halogens is 2. The van der Waals surface area contributed by atoms with Crippen LogP contribution in [-0.2, 0) is 27.3 Å². The molecule has 2 rings (SSSR count). The summed E-state index contributed by atoms with van der Waals surface area (Å²) in [7, 11) is -13.1. The van der Waals surface area contributed by atoms with E-state index in [1.165, 1.54) is 12.3 Å². The van der Waals surface area contributed by atoms with Gasteiger partial charge in [0.25, 0.3) is 0 Å². The maximum atomic E-state index is 13.4. The van der Waals surface area contributed by atoms with E-state index in [1.54, 1.807) is 0 Å². The third-order valence-corrected chi connectivity index (χ3v) is 8.83. The fraction of sp³-hybridized carbons (Fsp3) is 0.600. The molecule has 0 aromatic carbocycles. The molecule has 1 aliphatic heterocycles. The summed E-state index contributed by atoms with van der Waals surface area (Å²) < 4.78 is 75.5. The van der Waals surface area contributed by atoms with Crippen LogP contribution in [-0.4, -0.2) is 49.9 Å². The molecule has 0 saturated carbocycles. The lowest BCUT2D eigenvalue weighted by Crippen LogP contribution is -2.27. The van der Waals surface area contributed by atoms with E-state index in [-0.39, 0.29) is 18.7 Å². The number of ether oxygens (including phenoxy) is 1. The number of hydrogen-bond acceptors (Lipinski definition) is 9. The van der Waals surface area contributed by atoms with Crippen LogP contribution in [0.2, 0.25) is 0 Å². The second kappa shape index (κ2) is 8.29. The van der Waals surface area contributed by atoms with Gasteiger partial charge in [0.1, 0.15) is 12.0 Å². The molecule has 2 heterocycles. The molecule has 3 radical (unpaired) electrons. The van der Waals surface area contributed by atoms with E-state index in [9.17, 15) is 27.3 Å². The van der Waals surface area contributed by atoms with E-state index in [0.717, 1.165) is 4.57 Å². The number of hydrogen-bond donors (Lipinski definition) is 4. The molecule has 1 fully saturated rings. The van der Waals surface area contributed by atoms with Crippen molar-refractivity contribution in [1.82, 2.24) is 9.55 Å². The summed E-state index contributed by atoms with van der Waals surface area (Å²) in [6.07, 6.45) is 0.137. The smallest absolute Gasteiger partial charge is 0.443 e. The monoisotopic (exact) mass is 479 g/mol. The highest BCUT2D eigenvalue weighted by Gasteiger charge is 2.65. The molecule has 1 unspecified atom stereocenters. The minimum atomic E-state index is -6.49. The molecule has 13 nitrogen and oxygen atoms in total. The Kier molecular flexibility index (Phi) is 6.96. The highest BCUT2D eigenvalue weighted by molar-refractivity contribution is 7.86. The van der Waals surface area contributed by atoms with Gasteiger partial charge in [-0.05, 0) is 18.9 Å². The van der Waals surface area contributed by atoms with Gasteiger partial charge in [-0.2, -0.15) is 13.8 Å². The lowest BCUT2D eigenvalue weighted by atomic mass is 10.2. The molecular formula is C10H15BF2N3O10P3-. The molecule has 5 N–H and O–H groups in total. The van der Waals surface area contributed by atoms with Crippen LogP contribution in [0, 0.1) is 0 Å². The first kappa shape index (κ1) is 24.3. The van der Waals surface area contributed by atoms with Crippen LogP contribution >= 0.6 is 22.7 Å². The zero-order valence-electron chi connectivity index (χ0n) is 14.3. The van der Waals surface area contributed by atoms with Gasteiger partial charge < -0.3 is 41.8 Å². The van der Waals surface area contributed by atoms with Gasteiger partial charge in [-0.15, -0.1) is 0 Å². The molecule has 0 bridgehead atoms. The van der Waals surface area contributed by atoms with Gasteiger partial charge in [-0.1, -0.05) is 0 Å². The van der Waals surface area contributed by atoms with Crippen LogP contribution in [0.25, 0.3) is 0 Å². The predicted octanol–water partition coefficient (Wildman–Crippen LogP) is 0.726. The second-order valence-electron chi connectivity index (χ2n) is 5.82. The van der Waals surface area contributed by atoms with Crippen molar-refractivity contribution in [3.8, 4) is 0 Å². The zero-order chi connectivity index (χ0) is 22.3. The summed E-state index contributed by atoms with van der Waals surface area (Å²) in [4.78, 5) is 41.3. The Morgan fingerprint density at radius 3 is 2.52 bits per heavy atom. The molecule has 1 aromatic heterocycles. The highest BCUT2D eigenvalue weighted by atomic mass is 31.3. The maximum absolute atomic E-state index is 13.4. The maximum Gasteiger partial charge on any atom is 0.444 e. The van der Waals surface area contributed by atoms with E-state index in [2.05, 4.69) is 13.8 Å². The van der Waals surface area contributed by atoms with Gasteiger partial charge in [0, 0.05) is 6.20 Å². The minimum Gasteiger partial charge on any atom is -0.443 e. The summed E-state index contributed by atoms with van der Waals surface area (Å²) in [6.45, 7) is -0.664. The normalized spacial score (nSPS) is 24.8. The largest absolute Gasteiger partial charge is 0.444 e. The van der Waals surface area contributed by atoms with Crippen molar-refractivity contribution in [2.45, 2.75) is 30.6 Å². The van der Waals surface area contributed by atoms with Crippen molar-refractivity contribution in [2.24, 2.45) is 0 Å². The van der Waals surface area contributed by atoms with E-state index in [4.69, 9.17) is 32.7 Å². The Morgan fingerprint density at radius 2 is 1.97 bits per heavy atom. The topological polar surface area (TPSA) is 200 Å². The first-order valence-corrected chi connectivity index (χ1v) is 12.4. The van der Waals surface area contributed by atoms with Crippen LogP contribution in [0.3, 0.4) is 0 Å². The molecule has 0 spiro atoms. The molecule has 29 heavy (non-hydrogen) atoms. The van der Waals surface area contributed by atoms with Crippen molar-refractivity contribution in [3.63, 3.8) is 0 Å². The fourth-order valence-electron chi connectivity index (χ4n) is 2.24. The Labute approximate surface area is 162 Å². The van der Waals surface area contributed by atoms with Crippen LogP contribution < -0.4 is 11.4 Å². The first-order chi connectivity index (χ1) is 13.1. The number of alkyl halides is 2. The number of nitrogens with two attached hydrogens (primary N) is 1. The predicted molar refractivity (Wildman–Crippen MR) is 93.3 cm³/mol. The van der Waals surface area contributed by atoms with Gasteiger partial charge in [-0.25, -0.2) is 4.79 Å². The van der Waals surface area contributed by atoms with Crippen LogP contribution in [0.4, 0.5) is 14.6 Å². The Hall–Kier alpha value is -0.945. The third-order valence-electron chi connectivity index (χ3n) is 3.60. The van der Waals surface area contributed by atoms with E-state index in [0.29, 0.717) is 0 Å². The van der Waals surface area contributed by atoms with E-state index in [1.807, 2.05) is 0 Å². The SMILES string of the molecule is [B-][P@](=O)(OC[C@@H]1CC[C@H](n2ccc(N)nc2=O)O1)OP(=O)(O)C(F)(F)P(=O)(O)O. The van der Waals surface area contributed by atoms with Crippen molar-refractivity contribution in [1.29, 1.82) is 0 Å². The summed E-state index contributed by atoms with van der Waals surface area (Å²) in [6, 6.07) is 1.34. The number of rotatable bonds is 8. The Bertz CT molecular complexity index is 971. The average Bonchev–Trinajstić information content (AvgIpc) is 2.99. The highest BCUT2D eigenvalue weighted by Crippen LogP contribution is 2.77. The number of nitrogens with zero attached hydrogens (tertiary/aromatic N) is 2. The van der Waals surface area contributed by atoms with Gasteiger partial charge in [0.05, 0.1) is 20.2 Å². The number of nitrogen functional groups attached to an aromatic ring is 1. The van der Waals surface area contributed by atoms with Gasteiger partial charge >= 0.3 is 26.3 Å². The Balaban J connectivity index is 1.99. The Morgan fingerprint density at radius 1 is 1.34 bits per heavy atom. The average molecular weight is 479 g/mol. The van der Waals surface area contributed by atoms with Gasteiger partial charge in [0.15, 0.2) is 0 Å². The van der Waals surface area contributed by atoms with Crippen LogP contribution in [0.15, 0.2) is 17.1 Å². The lowest BCUT2D eigenvalue weighted by molar-refractivity contribution is -0.0207. The molecule has 163 valence electrons. The molecule has 0 aliphatic carbocycles. The first-order valence-electron chi connectivity index (χ1n) is 7.57. The molecule has 1 saturated heterocycles. The quantitative estimate of drug-likeness (QED) is 0.301. The van der Waals surface area contributed by atoms with Gasteiger partial charge in [-0.3, -0.25) is 18.0 Å². The van der Waals surface area contributed by atoms with Gasteiger partial charge in [0.2, 0.25) is 0 Å². The molecule has 4 atom stereocenters. The summed E-state index contributed by atoms with van der Waals surface area (Å²) in [5, 5.41) is -5.56. The lowest BCUT2D eigenvalue weighted by Gasteiger charge is -2.32. The molecule has 1 aliphatic rings. The molecule has 1 aromatic rings. The summed E-state index contributed by atoms with van der Waals surface area (Å²) in [5.74, 6) is -0.00844. The van der Waals surface area contributed by atoms with Crippen molar-refractivity contribution in [3.05, 3.63) is 22.7 Å². The number of anilines is 1. The standard InChI is InChI=1S/C10H15BF2N3O10P3/c11-29(23,26-28(21,22)10(12,13)27(18,19)20)24-5-6-1-2-8(25-6)16-4-3-7(14)15-9(16)17/h3-4,6,8H,1-2,5H2,(H,21,22)(H2,14,15,17)(H2,18,19,20)/q-1/t6-,8+,29-/m0/s1. The molecular weight excluding hydrogens is 464 g/mol. The minimum absolute atomic E-state index is 0.00844. The summed E-state index contributed by atoms with van der Waals surface area (Å²) in [5.41, 5.74) is 4.66.